The van der Waals surface area contributed by atoms with E-state index in [0.29, 0.717) is 0 Å². The van der Waals surface area contributed by atoms with E-state index >= 15 is 0 Å². The van der Waals surface area contributed by atoms with Gasteiger partial charge >= 0.3 is 5.82 Å². The van der Waals surface area contributed by atoms with Crippen molar-refractivity contribution in [3.63, 3.8) is 0 Å². The fourth-order valence-electron chi connectivity index (χ4n) is 2.97. The van der Waals surface area contributed by atoms with Crippen LogP contribution in [-0.2, 0) is 16.7 Å². The highest BCUT2D eigenvalue weighted by Crippen LogP contribution is 2.25. The zero-order chi connectivity index (χ0) is 22.9. The first-order valence-electron chi connectivity index (χ1n) is 8.91. The Labute approximate surface area is 180 Å². The molecule has 0 aliphatic rings. The largest absolute Gasteiger partial charge is 0.392 e. The Kier molecular flexibility index (Phi) is 5.40. The summed E-state index contributed by atoms with van der Waals surface area (Å²) in [5, 5.41) is 29.5. The third kappa shape index (κ3) is 3.92. The number of rotatable bonds is 6. The molecule has 162 valence electrons. The number of hydrogen-bond acceptors (Lipinski definition) is 9. The van der Waals surface area contributed by atoms with Gasteiger partial charge in [0, 0.05) is 22.8 Å². The third-order valence-electron chi connectivity index (χ3n) is 4.38. The van der Waals surface area contributed by atoms with Crippen LogP contribution in [0.5, 0.6) is 0 Å². The molecule has 4 aromatic rings. The Morgan fingerprint density at radius 1 is 1.16 bits per heavy atom. The number of benzene rings is 2. The van der Waals surface area contributed by atoms with Crippen LogP contribution in [0.1, 0.15) is 5.56 Å². The maximum Gasteiger partial charge on any atom is 0.324 e. The standard InChI is InChI=1S/C18H13N7O6S/c26-11-12-9-13(25(27)28)5-6-15(12)23-21-18(22-24(23)17-10-19-7-8-20-17)14-3-1-2-4-16(14)32(29,30)31/h1-10,26H,11H2/p+1. The second-order valence-electron chi connectivity index (χ2n) is 6.37. The lowest BCUT2D eigenvalue weighted by molar-refractivity contribution is -0.737. The Morgan fingerprint density at radius 2 is 1.94 bits per heavy atom. The minimum absolute atomic E-state index is 0.0128. The summed E-state index contributed by atoms with van der Waals surface area (Å²) in [6, 6.07) is 9.36. The van der Waals surface area contributed by atoms with Crippen LogP contribution in [-0.4, -0.2) is 48.0 Å². The molecule has 0 radical (unpaired) electrons. The van der Waals surface area contributed by atoms with Gasteiger partial charge in [0.1, 0.15) is 23.0 Å². The third-order valence-corrected chi connectivity index (χ3v) is 5.29. The van der Waals surface area contributed by atoms with Crippen LogP contribution in [0.25, 0.3) is 22.9 Å². The van der Waals surface area contributed by atoms with Crippen molar-refractivity contribution in [1.29, 1.82) is 0 Å². The topological polar surface area (TPSA) is 178 Å². The number of tetrazole rings is 1. The van der Waals surface area contributed by atoms with Crippen LogP contribution in [0.3, 0.4) is 0 Å². The Balaban J connectivity index is 1.99. The summed E-state index contributed by atoms with van der Waals surface area (Å²) in [6.45, 7) is -0.547. The van der Waals surface area contributed by atoms with Crippen LogP contribution < -0.4 is 4.80 Å². The van der Waals surface area contributed by atoms with Crippen molar-refractivity contribution in [3.05, 3.63) is 76.7 Å². The van der Waals surface area contributed by atoms with Crippen molar-refractivity contribution in [1.82, 2.24) is 25.0 Å². The molecule has 0 aliphatic heterocycles. The Morgan fingerprint density at radius 3 is 2.59 bits per heavy atom. The van der Waals surface area contributed by atoms with Crippen molar-refractivity contribution in [2.45, 2.75) is 11.5 Å². The molecule has 0 unspecified atom stereocenters. The Hall–Kier alpha value is -4.14. The molecule has 0 saturated heterocycles. The fraction of sp³-hybridized carbons (Fsp3) is 0.0556. The minimum Gasteiger partial charge on any atom is -0.392 e. The maximum absolute atomic E-state index is 11.8. The lowest BCUT2D eigenvalue weighted by atomic mass is 10.1. The highest BCUT2D eigenvalue weighted by atomic mass is 32.2. The molecule has 2 N–H and O–H groups in total. The van der Waals surface area contributed by atoms with Gasteiger partial charge in [-0.15, -0.1) is 4.98 Å². The molecule has 4 rings (SSSR count). The quantitative estimate of drug-likeness (QED) is 0.181. The zero-order valence-corrected chi connectivity index (χ0v) is 16.9. The molecule has 0 saturated carbocycles. The van der Waals surface area contributed by atoms with Crippen LogP contribution >= 0.6 is 0 Å². The average molecular weight is 456 g/mol. The monoisotopic (exact) mass is 456 g/mol. The van der Waals surface area contributed by atoms with Gasteiger partial charge in [0.25, 0.3) is 21.6 Å². The second kappa shape index (κ2) is 8.18. The maximum atomic E-state index is 11.8. The molecule has 2 heterocycles. The van der Waals surface area contributed by atoms with E-state index in [9.17, 15) is 28.2 Å². The summed E-state index contributed by atoms with van der Waals surface area (Å²) < 4.78 is 33.2. The second-order valence-corrected chi connectivity index (χ2v) is 7.76. The van der Waals surface area contributed by atoms with Crippen molar-refractivity contribution >= 4 is 15.8 Å². The van der Waals surface area contributed by atoms with Gasteiger partial charge in [-0.3, -0.25) is 19.7 Å². The van der Waals surface area contributed by atoms with E-state index in [2.05, 4.69) is 20.2 Å². The number of aliphatic hydroxyl groups is 1. The smallest absolute Gasteiger partial charge is 0.324 e. The number of nitro benzene ring substituents is 1. The molecule has 14 heteroatoms. The molecule has 13 nitrogen and oxygen atoms in total. The summed E-state index contributed by atoms with van der Waals surface area (Å²) in [5.74, 6) is 0.101. The summed E-state index contributed by atoms with van der Waals surface area (Å²) in [5.41, 5.74) is 0.169. The molecule has 0 fully saturated rings. The first-order chi connectivity index (χ1) is 15.3. The van der Waals surface area contributed by atoms with E-state index in [1.54, 1.807) is 6.07 Å². The predicted octanol–water partition coefficient (Wildman–Crippen LogP) is 0.648. The number of nitro groups is 1. The van der Waals surface area contributed by atoms with Gasteiger partial charge < -0.3 is 5.11 Å². The number of hydrogen-bond donors (Lipinski definition) is 2. The highest BCUT2D eigenvalue weighted by molar-refractivity contribution is 7.86. The van der Waals surface area contributed by atoms with Gasteiger partial charge in [0.15, 0.2) is 0 Å². The van der Waals surface area contributed by atoms with Crippen LogP contribution in [0.2, 0.25) is 0 Å². The molecule has 0 amide bonds. The first-order valence-corrected chi connectivity index (χ1v) is 10.3. The first kappa shape index (κ1) is 21.1. The van der Waals surface area contributed by atoms with Crippen LogP contribution in [0, 0.1) is 10.1 Å². The molecule has 32 heavy (non-hydrogen) atoms. The van der Waals surface area contributed by atoms with Crippen LogP contribution in [0.15, 0.2) is 66.0 Å². The zero-order valence-electron chi connectivity index (χ0n) is 16.0. The molecule has 2 aromatic heterocycles. The van der Waals surface area contributed by atoms with E-state index in [4.69, 9.17) is 0 Å². The van der Waals surface area contributed by atoms with Crippen molar-refractivity contribution in [3.8, 4) is 22.9 Å². The van der Waals surface area contributed by atoms with E-state index in [1.807, 2.05) is 0 Å². The van der Waals surface area contributed by atoms with Crippen molar-refractivity contribution < 1.29 is 27.8 Å². The summed E-state index contributed by atoms with van der Waals surface area (Å²) in [4.78, 5) is 20.6. The van der Waals surface area contributed by atoms with Gasteiger partial charge in [-0.05, 0) is 32.9 Å². The normalized spacial score (nSPS) is 11.4. The van der Waals surface area contributed by atoms with Crippen molar-refractivity contribution in [2.75, 3.05) is 0 Å². The van der Waals surface area contributed by atoms with Gasteiger partial charge in [0.2, 0.25) is 0 Å². The van der Waals surface area contributed by atoms with E-state index < -0.39 is 26.5 Å². The van der Waals surface area contributed by atoms with Gasteiger partial charge in [-0.2, -0.15) is 8.42 Å². The van der Waals surface area contributed by atoms with Gasteiger partial charge in [-0.1, -0.05) is 12.1 Å². The van der Waals surface area contributed by atoms with E-state index in [-0.39, 0.29) is 34.1 Å². The van der Waals surface area contributed by atoms with Crippen molar-refractivity contribution in [2.24, 2.45) is 0 Å². The molecule has 0 spiro atoms. The number of aliphatic hydroxyl groups excluding tert-OH is 1. The molecule has 0 atom stereocenters. The summed E-state index contributed by atoms with van der Waals surface area (Å²) >= 11 is 0. The average Bonchev–Trinajstić information content (AvgIpc) is 3.23. The minimum atomic E-state index is -4.58. The van der Waals surface area contributed by atoms with Gasteiger partial charge in [-0.25, -0.2) is 0 Å². The lowest BCUT2D eigenvalue weighted by Gasteiger charge is -2.05. The molecular formula is C18H14N7O6S+. The molecule has 0 aliphatic carbocycles. The summed E-state index contributed by atoms with van der Waals surface area (Å²) in [6.07, 6.45) is 4.20. The number of non-ortho nitro benzene ring substituents is 1. The molecular weight excluding hydrogens is 442 g/mol. The fourth-order valence-corrected chi connectivity index (χ4v) is 3.66. The Bertz CT molecular complexity index is 1420. The lowest BCUT2D eigenvalue weighted by Crippen LogP contribution is -2.44. The van der Waals surface area contributed by atoms with Gasteiger partial charge in [0.05, 0.1) is 23.3 Å². The predicted molar refractivity (Wildman–Crippen MR) is 106 cm³/mol. The number of nitrogens with zero attached hydrogens (tertiary/aromatic N) is 7. The van der Waals surface area contributed by atoms with Crippen LogP contribution in [0.4, 0.5) is 5.69 Å². The molecule has 2 aromatic carbocycles. The summed E-state index contributed by atoms with van der Waals surface area (Å²) in [7, 11) is -4.58. The highest BCUT2D eigenvalue weighted by Gasteiger charge is 2.28. The SMILES string of the molecule is O=[N+]([O-])c1ccc(-n2nc(-c3ccccc3S(=O)(=O)O)n[n+]2-c2cnccn2)c(CO)c1. The van der Waals surface area contributed by atoms with E-state index in [0.717, 1.165) is 0 Å². The molecule has 0 bridgehead atoms. The number of aromatic nitrogens is 6. The van der Waals surface area contributed by atoms with E-state index in [1.165, 1.54) is 64.6 Å².